The Morgan fingerprint density at radius 1 is 1.09 bits per heavy atom. The number of piperazine rings is 1. The van der Waals surface area contributed by atoms with Crippen molar-refractivity contribution in [3.8, 4) is 0 Å². The number of benzene rings is 2. The smallest absolute Gasteiger partial charge is 0.255 e. The molecule has 2 amide bonds. The summed E-state index contributed by atoms with van der Waals surface area (Å²) in [5.74, 6) is -0.101. The fraction of sp³-hybridized carbons (Fsp3) is 0.481. The molecule has 1 aliphatic heterocycles. The zero-order valence-corrected chi connectivity index (χ0v) is 19.9. The average molecular weight is 452 g/mol. The maximum Gasteiger partial charge on any atom is 0.255 e. The zero-order valence-electron chi connectivity index (χ0n) is 19.9. The molecule has 33 heavy (non-hydrogen) atoms. The van der Waals surface area contributed by atoms with Crippen LogP contribution in [-0.4, -0.2) is 47.3 Å². The highest BCUT2D eigenvalue weighted by Gasteiger charge is 2.33. The fourth-order valence-corrected chi connectivity index (χ4v) is 5.16. The molecule has 2 fully saturated rings. The van der Waals surface area contributed by atoms with Crippen LogP contribution in [0.1, 0.15) is 59.7 Å². The summed E-state index contributed by atoms with van der Waals surface area (Å²) in [6, 6.07) is 10.4. The lowest BCUT2D eigenvalue weighted by Crippen LogP contribution is -2.54. The molecule has 2 aromatic rings. The van der Waals surface area contributed by atoms with Crippen LogP contribution >= 0.6 is 0 Å². The number of hydrogen-bond acceptors (Lipinski definition) is 3. The van der Waals surface area contributed by atoms with Crippen LogP contribution in [0.2, 0.25) is 0 Å². The molecule has 1 heterocycles. The molecule has 1 saturated heterocycles. The number of hydrogen-bond donors (Lipinski definition) is 1. The minimum Gasteiger partial charge on any atom is -0.337 e. The van der Waals surface area contributed by atoms with Gasteiger partial charge in [-0.05, 0) is 69.0 Å². The zero-order chi connectivity index (χ0) is 23.5. The molecule has 5 nitrogen and oxygen atoms in total. The van der Waals surface area contributed by atoms with Crippen molar-refractivity contribution in [2.45, 2.75) is 59.0 Å². The monoisotopic (exact) mass is 451 g/mol. The predicted molar refractivity (Wildman–Crippen MR) is 129 cm³/mol. The Bertz CT molecular complexity index is 1030. The van der Waals surface area contributed by atoms with Crippen molar-refractivity contribution in [3.63, 3.8) is 0 Å². The highest BCUT2D eigenvalue weighted by atomic mass is 19.1. The van der Waals surface area contributed by atoms with Crippen molar-refractivity contribution < 1.29 is 14.0 Å². The van der Waals surface area contributed by atoms with Gasteiger partial charge in [0.25, 0.3) is 5.91 Å². The summed E-state index contributed by atoms with van der Waals surface area (Å²) in [5, 5.41) is 2.88. The van der Waals surface area contributed by atoms with Crippen LogP contribution in [0.15, 0.2) is 36.4 Å². The summed E-state index contributed by atoms with van der Waals surface area (Å²) in [7, 11) is 0. The SMILES string of the molecule is Cc1cccc(C(=O)Nc2cc(F)cc(CN3CCN(C(=O)C4CCCC4)[C@@H](C)C3)c2C)c1. The molecule has 1 aliphatic carbocycles. The van der Waals surface area contributed by atoms with Gasteiger partial charge in [-0.25, -0.2) is 4.39 Å². The molecular weight excluding hydrogens is 417 g/mol. The second-order valence-electron chi connectivity index (χ2n) is 9.66. The number of rotatable bonds is 5. The Hall–Kier alpha value is -2.73. The van der Waals surface area contributed by atoms with Gasteiger partial charge in [-0.1, -0.05) is 30.5 Å². The Labute approximate surface area is 196 Å². The topological polar surface area (TPSA) is 52.7 Å². The summed E-state index contributed by atoms with van der Waals surface area (Å²) in [6.07, 6.45) is 4.36. The van der Waals surface area contributed by atoms with Crippen LogP contribution < -0.4 is 5.32 Å². The number of nitrogens with zero attached hydrogens (tertiary/aromatic N) is 2. The first-order valence-corrected chi connectivity index (χ1v) is 12.0. The van der Waals surface area contributed by atoms with E-state index in [0.29, 0.717) is 30.2 Å². The highest BCUT2D eigenvalue weighted by Crippen LogP contribution is 2.29. The summed E-state index contributed by atoms with van der Waals surface area (Å²) in [6.45, 7) is 8.79. The molecule has 176 valence electrons. The van der Waals surface area contributed by atoms with E-state index in [9.17, 15) is 14.0 Å². The van der Waals surface area contributed by atoms with Gasteiger partial charge in [-0.2, -0.15) is 0 Å². The van der Waals surface area contributed by atoms with Crippen molar-refractivity contribution in [2.75, 3.05) is 25.0 Å². The normalized spacial score (nSPS) is 19.6. The first kappa shape index (κ1) is 23.4. The van der Waals surface area contributed by atoms with Crippen LogP contribution in [0.4, 0.5) is 10.1 Å². The van der Waals surface area contributed by atoms with E-state index < -0.39 is 0 Å². The molecule has 1 atom stereocenters. The van der Waals surface area contributed by atoms with E-state index in [0.717, 1.165) is 55.5 Å². The molecule has 0 radical (unpaired) electrons. The second-order valence-corrected chi connectivity index (χ2v) is 9.66. The standard InChI is InChI=1S/C27H34FN3O2/c1-18-7-6-10-22(13-18)26(32)29-25-15-24(28)14-23(20(25)3)17-30-11-12-31(19(2)16-30)27(33)21-8-4-5-9-21/h6-7,10,13-15,19,21H,4-5,8-9,11-12,16-17H2,1-3H3,(H,29,32)/t19-/m0/s1. The maximum atomic E-state index is 14.5. The summed E-state index contributed by atoms with van der Waals surface area (Å²) < 4.78 is 14.5. The van der Waals surface area contributed by atoms with Crippen LogP contribution in [0.25, 0.3) is 0 Å². The van der Waals surface area contributed by atoms with Gasteiger partial charge >= 0.3 is 0 Å². The second kappa shape index (κ2) is 10.0. The molecule has 4 rings (SSSR count). The fourth-order valence-electron chi connectivity index (χ4n) is 5.16. The van der Waals surface area contributed by atoms with Crippen molar-refractivity contribution >= 4 is 17.5 Å². The van der Waals surface area contributed by atoms with Gasteiger partial charge < -0.3 is 10.2 Å². The van der Waals surface area contributed by atoms with Crippen LogP contribution in [0.5, 0.6) is 0 Å². The van der Waals surface area contributed by atoms with E-state index in [1.165, 1.54) is 6.07 Å². The van der Waals surface area contributed by atoms with E-state index in [4.69, 9.17) is 0 Å². The summed E-state index contributed by atoms with van der Waals surface area (Å²) >= 11 is 0. The Kier molecular flexibility index (Phi) is 7.13. The number of amides is 2. The molecule has 6 heteroatoms. The minimum atomic E-state index is -0.363. The quantitative estimate of drug-likeness (QED) is 0.702. The van der Waals surface area contributed by atoms with E-state index in [1.54, 1.807) is 12.1 Å². The van der Waals surface area contributed by atoms with Gasteiger partial charge in [0.2, 0.25) is 5.91 Å². The summed E-state index contributed by atoms with van der Waals surface area (Å²) in [5.41, 5.74) is 3.78. The maximum absolute atomic E-state index is 14.5. The van der Waals surface area contributed by atoms with Crippen molar-refractivity contribution in [3.05, 3.63) is 64.5 Å². The van der Waals surface area contributed by atoms with Crippen LogP contribution in [0, 0.1) is 25.6 Å². The third-order valence-corrected chi connectivity index (χ3v) is 7.10. The molecule has 0 aromatic heterocycles. The van der Waals surface area contributed by atoms with E-state index >= 15 is 0 Å². The molecular formula is C27H34FN3O2. The molecule has 2 aliphatic rings. The van der Waals surface area contributed by atoms with Crippen molar-refractivity contribution in [1.82, 2.24) is 9.80 Å². The number of halogens is 1. The number of anilines is 1. The highest BCUT2D eigenvalue weighted by molar-refractivity contribution is 6.04. The minimum absolute atomic E-state index is 0.140. The molecule has 2 aromatic carbocycles. The van der Waals surface area contributed by atoms with Gasteiger partial charge in [-0.3, -0.25) is 14.5 Å². The number of carbonyl (C=O) groups excluding carboxylic acids is 2. The molecule has 0 unspecified atom stereocenters. The number of aryl methyl sites for hydroxylation is 1. The van der Waals surface area contributed by atoms with E-state index in [1.807, 2.05) is 36.9 Å². The largest absolute Gasteiger partial charge is 0.337 e. The molecule has 1 saturated carbocycles. The Morgan fingerprint density at radius 3 is 2.55 bits per heavy atom. The van der Waals surface area contributed by atoms with Crippen molar-refractivity contribution in [2.24, 2.45) is 5.92 Å². The lowest BCUT2D eigenvalue weighted by Gasteiger charge is -2.41. The molecule has 1 N–H and O–H groups in total. The molecule has 0 bridgehead atoms. The lowest BCUT2D eigenvalue weighted by molar-refractivity contribution is -0.140. The van der Waals surface area contributed by atoms with Crippen LogP contribution in [-0.2, 0) is 11.3 Å². The van der Waals surface area contributed by atoms with Crippen molar-refractivity contribution in [1.29, 1.82) is 0 Å². The molecule has 0 spiro atoms. The first-order valence-electron chi connectivity index (χ1n) is 12.0. The lowest BCUT2D eigenvalue weighted by atomic mass is 10.0. The first-order chi connectivity index (χ1) is 15.8. The van der Waals surface area contributed by atoms with Gasteiger partial charge in [-0.15, -0.1) is 0 Å². The van der Waals surface area contributed by atoms with E-state index in [2.05, 4.69) is 17.1 Å². The van der Waals surface area contributed by atoms with Gasteiger partial charge in [0.05, 0.1) is 0 Å². The van der Waals surface area contributed by atoms with Gasteiger partial charge in [0.1, 0.15) is 5.82 Å². The third-order valence-electron chi connectivity index (χ3n) is 7.10. The van der Waals surface area contributed by atoms with Crippen LogP contribution in [0.3, 0.4) is 0 Å². The Balaban J connectivity index is 1.43. The Morgan fingerprint density at radius 2 is 1.85 bits per heavy atom. The van der Waals surface area contributed by atoms with Gasteiger partial charge in [0, 0.05) is 49.4 Å². The average Bonchev–Trinajstić information content (AvgIpc) is 3.31. The van der Waals surface area contributed by atoms with E-state index in [-0.39, 0.29) is 23.7 Å². The summed E-state index contributed by atoms with van der Waals surface area (Å²) in [4.78, 5) is 29.9. The third kappa shape index (κ3) is 5.44. The predicted octanol–water partition coefficient (Wildman–Crippen LogP) is 4.92. The number of carbonyl (C=O) groups is 2. The van der Waals surface area contributed by atoms with Gasteiger partial charge in [0.15, 0.2) is 0 Å². The number of nitrogens with one attached hydrogen (secondary N) is 1.